The zero-order valence-electron chi connectivity index (χ0n) is 7.91. The Morgan fingerprint density at radius 2 is 2.00 bits per heavy atom. The van der Waals surface area contributed by atoms with Crippen LogP contribution in [-0.2, 0) is 0 Å². The predicted octanol–water partition coefficient (Wildman–Crippen LogP) is 2.63. The lowest BCUT2D eigenvalue weighted by molar-refractivity contribution is 0.481. The third-order valence-electron chi connectivity index (χ3n) is 2.07. The highest BCUT2D eigenvalue weighted by molar-refractivity contribution is 5.83. The highest BCUT2D eigenvalue weighted by Gasteiger charge is 1.95. The summed E-state index contributed by atoms with van der Waals surface area (Å²) in [5.41, 5.74) is 1.83. The Morgan fingerprint density at radius 3 is 2.86 bits per heavy atom. The monoisotopic (exact) mass is 188 g/mol. The fourth-order valence-electron chi connectivity index (χ4n) is 1.38. The average Bonchev–Trinajstić information content (AvgIpc) is 2.16. The maximum atomic E-state index is 9.79. The minimum Gasteiger partial charge on any atom is -0.507 e. The van der Waals surface area contributed by atoms with Crippen molar-refractivity contribution in [2.45, 2.75) is 6.92 Å². The minimum atomic E-state index is 0.281. The number of aromatic nitrogens is 2. The van der Waals surface area contributed by atoms with E-state index in [4.69, 9.17) is 0 Å². The van der Waals surface area contributed by atoms with Crippen molar-refractivity contribution < 1.29 is 5.11 Å². The van der Waals surface area contributed by atoms with E-state index in [0.29, 0.717) is 0 Å². The number of nitrogens with one attached hydrogen (secondary N) is 2. The van der Waals surface area contributed by atoms with Crippen LogP contribution in [0.15, 0.2) is 36.5 Å². The molecule has 1 aromatic carbocycles. The molecule has 3 N–H and O–H groups in total. The van der Waals surface area contributed by atoms with Crippen molar-refractivity contribution in [1.82, 2.24) is 10.2 Å². The number of aromatic hydroxyl groups is 1. The van der Waals surface area contributed by atoms with Crippen LogP contribution in [-0.4, -0.2) is 15.3 Å². The van der Waals surface area contributed by atoms with E-state index >= 15 is 0 Å². The normalized spacial score (nSPS) is 10.1. The van der Waals surface area contributed by atoms with Crippen LogP contribution in [0.1, 0.15) is 5.56 Å². The minimum absolute atomic E-state index is 0.281. The van der Waals surface area contributed by atoms with Crippen LogP contribution in [0.25, 0.3) is 10.9 Å². The van der Waals surface area contributed by atoms with Gasteiger partial charge in [-0.1, -0.05) is 12.1 Å². The second-order valence-electron chi connectivity index (χ2n) is 3.23. The van der Waals surface area contributed by atoms with Crippen LogP contribution in [0, 0.1) is 6.92 Å². The highest BCUT2D eigenvalue weighted by atomic mass is 16.3. The molecule has 0 aliphatic carbocycles. The van der Waals surface area contributed by atoms with E-state index in [1.165, 1.54) is 0 Å². The maximum absolute atomic E-state index is 9.79. The van der Waals surface area contributed by atoms with Gasteiger partial charge in [-0.25, -0.2) is 0 Å². The van der Waals surface area contributed by atoms with Crippen molar-refractivity contribution in [3.8, 4) is 5.75 Å². The van der Waals surface area contributed by atoms with Crippen LogP contribution in [0.4, 0.5) is 0 Å². The molecule has 72 valence electrons. The number of aromatic amines is 2. The van der Waals surface area contributed by atoms with Gasteiger partial charge < -0.3 is 15.3 Å². The van der Waals surface area contributed by atoms with E-state index in [9.17, 15) is 5.11 Å². The van der Waals surface area contributed by atoms with Gasteiger partial charge in [-0.2, -0.15) is 0 Å². The molecule has 0 spiro atoms. The molecule has 0 aliphatic heterocycles. The van der Waals surface area contributed by atoms with E-state index < -0.39 is 0 Å². The van der Waals surface area contributed by atoms with Crippen molar-refractivity contribution in [3.05, 3.63) is 42.1 Å². The first kappa shape index (κ1) is 8.69. The van der Waals surface area contributed by atoms with Gasteiger partial charge in [0, 0.05) is 11.6 Å². The SMILES string of the molecule is Cc1c[nH][nH]c2ccccc2c(O)c1. The van der Waals surface area contributed by atoms with Crippen molar-refractivity contribution in [1.29, 1.82) is 0 Å². The summed E-state index contributed by atoms with van der Waals surface area (Å²) in [6, 6.07) is 9.31. The highest BCUT2D eigenvalue weighted by Crippen LogP contribution is 2.20. The number of H-pyrrole nitrogens is 2. The van der Waals surface area contributed by atoms with Crippen molar-refractivity contribution in [3.63, 3.8) is 0 Å². The number of benzene rings is 1. The number of para-hydroxylation sites is 1. The molecular weight excluding hydrogens is 176 g/mol. The van der Waals surface area contributed by atoms with E-state index in [1.54, 1.807) is 12.3 Å². The lowest BCUT2D eigenvalue weighted by atomic mass is 10.2. The Labute approximate surface area is 81.7 Å². The second-order valence-corrected chi connectivity index (χ2v) is 3.23. The molecule has 1 aromatic heterocycles. The van der Waals surface area contributed by atoms with Crippen LogP contribution in [0.2, 0.25) is 0 Å². The topological polar surface area (TPSA) is 51.8 Å². The molecule has 14 heavy (non-hydrogen) atoms. The Hall–Kier alpha value is -1.90. The van der Waals surface area contributed by atoms with Crippen molar-refractivity contribution in [2.75, 3.05) is 0 Å². The van der Waals surface area contributed by atoms with Gasteiger partial charge in [-0.15, -0.1) is 0 Å². The molecule has 2 rings (SSSR count). The first-order valence-corrected chi connectivity index (χ1v) is 4.46. The molecular formula is C11H12N2O. The van der Waals surface area contributed by atoms with E-state index in [-0.39, 0.29) is 5.75 Å². The lowest BCUT2D eigenvalue weighted by Crippen LogP contribution is -1.81. The summed E-state index contributed by atoms with van der Waals surface area (Å²) in [5.74, 6) is 0.281. The first-order chi connectivity index (χ1) is 6.77. The summed E-state index contributed by atoms with van der Waals surface area (Å²) >= 11 is 0. The molecule has 0 unspecified atom stereocenters. The molecule has 2 aromatic rings. The molecule has 0 bridgehead atoms. The standard InChI is InChI=1S/C11H12N2O/c1-8-6-11(14)9-4-2-3-5-10(9)13-12-7-8/h2-7,12-14H,1H3. The van der Waals surface area contributed by atoms with Gasteiger partial charge in [0.2, 0.25) is 0 Å². The van der Waals surface area contributed by atoms with Crippen molar-refractivity contribution >= 4 is 10.9 Å². The fourth-order valence-corrected chi connectivity index (χ4v) is 1.38. The molecule has 1 heterocycles. The van der Waals surface area contributed by atoms with Crippen LogP contribution < -0.4 is 0 Å². The molecule has 0 saturated heterocycles. The molecule has 3 heteroatoms. The molecule has 3 nitrogen and oxygen atoms in total. The fraction of sp³-hybridized carbons (Fsp3) is 0.0909. The molecule has 0 aliphatic rings. The average molecular weight is 188 g/mol. The Kier molecular flexibility index (Phi) is 2.14. The summed E-state index contributed by atoms with van der Waals surface area (Å²) in [7, 11) is 0. The largest absolute Gasteiger partial charge is 0.507 e. The molecule has 0 radical (unpaired) electrons. The summed E-state index contributed by atoms with van der Waals surface area (Å²) < 4.78 is 0. The van der Waals surface area contributed by atoms with E-state index in [2.05, 4.69) is 10.2 Å². The maximum Gasteiger partial charge on any atom is 0.125 e. The van der Waals surface area contributed by atoms with Gasteiger partial charge in [-0.05, 0) is 30.7 Å². The number of aryl methyl sites for hydroxylation is 1. The Bertz CT molecular complexity index is 495. The zero-order valence-corrected chi connectivity index (χ0v) is 7.91. The van der Waals surface area contributed by atoms with Crippen molar-refractivity contribution in [2.24, 2.45) is 0 Å². The van der Waals surface area contributed by atoms with Gasteiger partial charge in [-0.3, -0.25) is 0 Å². The smallest absolute Gasteiger partial charge is 0.125 e. The number of fused-ring (bicyclic) bond motifs is 1. The van der Waals surface area contributed by atoms with E-state index in [0.717, 1.165) is 16.5 Å². The third kappa shape index (κ3) is 1.57. The number of hydrogen-bond acceptors (Lipinski definition) is 1. The van der Waals surface area contributed by atoms with Crippen LogP contribution in [0.5, 0.6) is 5.75 Å². The van der Waals surface area contributed by atoms with Crippen LogP contribution in [0.3, 0.4) is 0 Å². The molecule has 0 amide bonds. The van der Waals surface area contributed by atoms with E-state index in [1.807, 2.05) is 31.2 Å². The molecule has 0 atom stereocenters. The number of rotatable bonds is 0. The number of hydrogen-bond donors (Lipinski definition) is 3. The summed E-state index contributed by atoms with van der Waals surface area (Å²) in [6.45, 7) is 1.92. The predicted molar refractivity (Wildman–Crippen MR) is 56.7 cm³/mol. The Balaban J connectivity index is 2.89. The summed E-state index contributed by atoms with van der Waals surface area (Å²) in [6.07, 6.45) is 1.80. The summed E-state index contributed by atoms with van der Waals surface area (Å²) in [4.78, 5) is 0. The quantitative estimate of drug-likeness (QED) is 0.584. The van der Waals surface area contributed by atoms with Gasteiger partial charge >= 0.3 is 0 Å². The summed E-state index contributed by atoms with van der Waals surface area (Å²) in [5, 5.41) is 16.5. The van der Waals surface area contributed by atoms with Crippen LogP contribution >= 0.6 is 0 Å². The lowest BCUT2D eigenvalue weighted by Gasteiger charge is -1.98. The van der Waals surface area contributed by atoms with Gasteiger partial charge in [0.1, 0.15) is 5.75 Å². The second kappa shape index (κ2) is 3.46. The molecule has 0 saturated carbocycles. The van der Waals surface area contributed by atoms with Gasteiger partial charge in [0.15, 0.2) is 0 Å². The first-order valence-electron chi connectivity index (χ1n) is 4.46. The molecule has 0 fully saturated rings. The third-order valence-corrected chi connectivity index (χ3v) is 2.07. The zero-order chi connectivity index (χ0) is 9.97. The Morgan fingerprint density at radius 1 is 1.21 bits per heavy atom. The van der Waals surface area contributed by atoms with Gasteiger partial charge in [0.25, 0.3) is 0 Å². The van der Waals surface area contributed by atoms with Gasteiger partial charge in [0.05, 0.1) is 5.52 Å².